The van der Waals surface area contributed by atoms with Crippen LogP contribution >= 0.6 is 0 Å². The summed E-state index contributed by atoms with van der Waals surface area (Å²) >= 11 is 0. The van der Waals surface area contributed by atoms with E-state index < -0.39 is 0 Å². The quantitative estimate of drug-likeness (QED) is 0.459. The number of hydrogen-bond acceptors (Lipinski definition) is 4. The highest BCUT2D eigenvalue weighted by atomic mass is 16.2. The largest absolute Gasteiger partial charge is 0.322 e. The molecule has 0 aromatic heterocycles. The van der Waals surface area contributed by atoms with Crippen LogP contribution in [0.15, 0.2) is 60.7 Å². The first-order valence-corrected chi connectivity index (χ1v) is 11.0. The number of anilines is 2. The van der Waals surface area contributed by atoms with E-state index in [0.29, 0.717) is 34.3 Å². The summed E-state index contributed by atoms with van der Waals surface area (Å²) in [6, 6.07) is 13.3. The highest BCUT2D eigenvalue weighted by molar-refractivity contribution is 6.22. The van der Waals surface area contributed by atoms with Gasteiger partial charge in [-0.15, -0.1) is 0 Å². The number of amides is 3. The van der Waals surface area contributed by atoms with Gasteiger partial charge in [-0.1, -0.05) is 24.3 Å². The molecule has 6 atom stereocenters. The SMILES string of the molecule is CC(=O)c1cccc(NC(=O)c2ccc(N3C(=O)[C@@H]4[C@H]5C=C[C@@H]([C@@H]6C[C@@H]56)[C@@H]4C3=O)cc2)c1. The van der Waals surface area contributed by atoms with Crippen molar-refractivity contribution >= 4 is 34.9 Å². The highest BCUT2D eigenvalue weighted by Crippen LogP contribution is 2.65. The van der Waals surface area contributed by atoms with Gasteiger partial charge < -0.3 is 5.32 Å². The molecular weight excluding hydrogens is 404 g/mol. The number of rotatable bonds is 4. The Hall–Kier alpha value is -3.54. The maximum Gasteiger partial charge on any atom is 0.255 e. The summed E-state index contributed by atoms with van der Waals surface area (Å²) in [4.78, 5) is 52.0. The normalized spacial score (nSPS) is 31.3. The first-order chi connectivity index (χ1) is 15.4. The fraction of sp³-hybridized carbons (Fsp3) is 0.308. The number of ketones is 1. The Labute approximate surface area is 185 Å². The van der Waals surface area contributed by atoms with Gasteiger partial charge in [0.2, 0.25) is 11.8 Å². The summed E-state index contributed by atoms with van der Waals surface area (Å²) in [5, 5.41) is 2.78. The van der Waals surface area contributed by atoms with Crippen LogP contribution in [-0.2, 0) is 9.59 Å². The van der Waals surface area contributed by atoms with Gasteiger partial charge in [0, 0.05) is 16.8 Å². The number of benzene rings is 2. The molecule has 1 aliphatic heterocycles. The van der Waals surface area contributed by atoms with Crippen LogP contribution in [0, 0.1) is 35.5 Å². The van der Waals surface area contributed by atoms with Gasteiger partial charge in [-0.3, -0.25) is 24.1 Å². The first-order valence-electron chi connectivity index (χ1n) is 11.0. The van der Waals surface area contributed by atoms with Crippen molar-refractivity contribution in [2.75, 3.05) is 10.2 Å². The Bertz CT molecular complexity index is 1180. The summed E-state index contributed by atoms with van der Waals surface area (Å²) in [7, 11) is 0. The highest BCUT2D eigenvalue weighted by Gasteiger charge is 2.67. The molecule has 6 nitrogen and oxygen atoms in total. The Morgan fingerprint density at radius 2 is 1.50 bits per heavy atom. The van der Waals surface area contributed by atoms with Crippen LogP contribution < -0.4 is 10.2 Å². The van der Waals surface area contributed by atoms with Gasteiger partial charge in [0.15, 0.2) is 5.78 Å². The topological polar surface area (TPSA) is 83.6 Å². The average molecular weight is 426 g/mol. The van der Waals surface area contributed by atoms with Gasteiger partial charge in [-0.25, -0.2) is 0 Å². The van der Waals surface area contributed by atoms with Crippen LogP contribution in [0.2, 0.25) is 0 Å². The lowest BCUT2D eigenvalue weighted by molar-refractivity contribution is -0.124. The number of imide groups is 1. The molecule has 4 aliphatic carbocycles. The van der Waals surface area contributed by atoms with Crippen LogP contribution in [0.25, 0.3) is 0 Å². The van der Waals surface area contributed by atoms with Crippen LogP contribution in [0.5, 0.6) is 0 Å². The van der Waals surface area contributed by atoms with E-state index in [9.17, 15) is 19.2 Å². The van der Waals surface area contributed by atoms with E-state index in [1.807, 2.05) is 0 Å². The minimum atomic E-state index is -0.327. The molecule has 2 aromatic carbocycles. The zero-order valence-corrected chi connectivity index (χ0v) is 17.5. The number of nitrogens with zero attached hydrogens (tertiary/aromatic N) is 1. The van der Waals surface area contributed by atoms with E-state index in [-0.39, 0.29) is 47.2 Å². The number of carbonyl (C=O) groups is 4. The Morgan fingerprint density at radius 3 is 2.09 bits per heavy atom. The van der Waals surface area contributed by atoms with E-state index in [2.05, 4.69) is 17.5 Å². The second-order valence-electron chi connectivity index (χ2n) is 9.30. The first kappa shape index (κ1) is 19.2. The Kier molecular flexibility index (Phi) is 4.03. The molecule has 0 spiro atoms. The van der Waals surface area contributed by atoms with Gasteiger partial charge in [0.05, 0.1) is 17.5 Å². The average Bonchev–Trinajstić information content (AvgIpc) is 3.57. The van der Waals surface area contributed by atoms with Crippen molar-refractivity contribution < 1.29 is 19.2 Å². The Balaban J connectivity index is 1.21. The molecule has 2 aromatic rings. The molecule has 0 unspecified atom stereocenters. The zero-order valence-electron chi connectivity index (χ0n) is 17.5. The predicted molar refractivity (Wildman–Crippen MR) is 118 cm³/mol. The van der Waals surface area contributed by atoms with Crippen molar-refractivity contribution in [3.63, 3.8) is 0 Å². The molecule has 2 saturated carbocycles. The van der Waals surface area contributed by atoms with Crippen molar-refractivity contribution in [1.82, 2.24) is 0 Å². The van der Waals surface area contributed by atoms with Crippen molar-refractivity contribution in [1.29, 1.82) is 0 Å². The summed E-state index contributed by atoms with van der Waals surface area (Å²) in [6.45, 7) is 1.47. The fourth-order valence-electron chi connectivity index (χ4n) is 5.99. The molecule has 2 bridgehead atoms. The number of allylic oxidation sites excluding steroid dienone is 2. The van der Waals surface area contributed by atoms with Crippen molar-refractivity contribution in [2.24, 2.45) is 35.5 Å². The Morgan fingerprint density at radius 1 is 0.875 bits per heavy atom. The molecule has 1 N–H and O–H groups in total. The van der Waals surface area contributed by atoms with Crippen molar-refractivity contribution in [3.8, 4) is 0 Å². The second-order valence-corrected chi connectivity index (χ2v) is 9.30. The van der Waals surface area contributed by atoms with Gasteiger partial charge in [-0.2, -0.15) is 0 Å². The van der Waals surface area contributed by atoms with Crippen LogP contribution in [-0.4, -0.2) is 23.5 Å². The fourth-order valence-corrected chi connectivity index (χ4v) is 5.99. The van der Waals surface area contributed by atoms with Crippen LogP contribution in [0.1, 0.15) is 34.1 Å². The molecule has 160 valence electrons. The third-order valence-corrected chi connectivity index (χ3v) is 7.58. The maximum absolute atomic E-state index is 13.2. The van der Waals surface area contributed by atoms with Gasteiger partial charge in [0.1, 0.15) is 0 Å². The van der Waals surface area contributed by atoms with Crippen molar-refractivity contribution in [2.45, 2.75) is 13.3 Å². The molecule has 7 rings (SSSR count). The van der Waals surface area contributed by atoms with E-state index >= 15 is 0 Å². The zero-order chi connectivity index (χ0) is 22.1. The summed E-state index contributed by atoms with van der Waals surface area (Å²) < 4.78 is 0. The van der Waals surface area contributed by atoms with Gasteiger partial charge in [0.25, 0.3) is 5.91 Å². The molecule has 32 heavy (non-hydrogen) atoms. The number of nitrogens with one attached hydrogen (secondary N) is 1. The summed E-state index contributed by atoms with van der Waals surface area (Å²) in [5.74, 6) is 0.409. The van der Waals surface area contributed by atoms with E-state index in [0.717, 1.165) is 6.42 Å². The predicted octanol–water partition coefficient (Wildman–Crippen LogP) is 3.70. The molecular formula is C26H22N2O4. The van der Waals surface area contributed by atoms with Gasteiger partial charge in [-0.05, 0) is 73.4 Å². The molecule has 1 heterocycles. The van der Waals surface area contributed by atoms with E-state index in [4.69, 9.17) is 0 Å². The minimum Gasteiger partial charge on any atom is -0.322 e. The lowest BCUT2D eigenvalue weighted by Gasteiger charge is -2.37. The smallest absolute Gasteiger partial charge is 0.255 e. The third kappa shape index (κ3) is 2.72. The molecule has 1 saturated heterocycles. The standard InChI is InChI=1S/C26H22N2O4/c1-13(29)15-3-2-4-16(11-15)27-24(30)14-5-7-17(8-6-14)28-25(31)22-18-9-10-19(21-12-20(18)21)23(22)26(28)32/h2-11,18-23H,12H2,1H3,(H,27,30)/t18-,19-,20-,21-,22-,23+/m0/s1. The number of hydrogen-bond donors (Lipinski definition) is 1. The summed E-state index contributed by atoms with van der Waals surface area (Å²) in [6.07, 6.45) is 5.45. The summed E-state index contributed by atoms with van der Waals surface area (Å²) in [5.41, 5.74) is 1.97. The third-order valence-electron chi connectivity index (χ3n) is 7.58. The number of carbonyl (C=O) groups excluding carboxylic acids is 4. The van der Waals surface area contributed by atoms with Crippen LogP contribution in [0.3, 0.4) is 0 Å². The van der Waals surface area contributed by atoms with Crippen molar-refractivity contribution in [3.05, 3.63) is 71.8 Å². The molecule has 6 heteroatoms. The van der Waals surface area contributed by atoms with Crippen LogP contribution in [0.4, 0.5) is 11.4 Å². The maximum atomic E-state index is 13.2. The molecule has 3 fully saturated rings. The lowest BCUT2D eigenvalue weighted by atomic mass is 9.63. The second kappa shape index (κ2) is 6.73. The van der Waals surface area contributed by atoms with Gasteiger partial charge >= 0.3 is 0 Å². The monoisotopic (exact) mass is 426 g/mol. The number of Topliss-reactive ketones (excluding diaryl/α,β-unsaturated/α-hetero) is 1. The molecule has 0 radical (unpaired) electrons. The molecule has 5 aliphatic rings. The lowest BCUT2D eigenvalue weighted by Crippen LogP contribution is -2.40. The van der Waals surface area contributed by atoms with E-state index in [1.54, 1.807) is 48.5 Å². The molecule has 3 amide bonds. The van der Waals surface area contributed by atoms with E-state index in [1.165, 1.54) is 11.8 Å². The minimum absolute atomic E-state index is 0.0769.